The van der Waals surface area contributed by atoms with Gasteiger partial charge in [0.2, 0.25) is 0 Å². The van der Waals surface area contributed by atoms with Crippen LogP contribution in [0.5, 0.6) is 5.75 Å². The Morgan fingerprint density at radius 2 is 2.04 bits per heavy atom. The molecule has 134 valence electrons. The highest BCUT2D eigenvalue weighted by Gasteiger charge is 2.28. The van der Waals surface area contributed by atoms with E-state index in [0.29, 0.717) is 17.7 Å². The molecular weight excluding hydrogens is 310 g/mol. The molecule has 3 rings (SSSR count). The van der Waals surface area contributed by atoms with Gasteiger partial charge in [-0.2, -0.15) is 0 Å². The number of rotatable bonds is 6. The molecule has 0 spiro atoms. The first kappa shape index (κ1) is 17.9. The van der Waals surface area contributed by atoms with E-state index in [1.54, 1.807) is 6.07 Å². The zero-order chi connectivity index (χ0) is 17.6. The predicted octanol–water partition coefficient (Wildman–Crippen LogP) is 3.74. The molecule has 0 radical (unpaired) electrons. The van der Waals surface area contributed by atoms with E-state index < -0.39 is 0 Å². The van der Waals surface area contributed by atoms with Gasteiger partial charge in [0.25, 0.3) is 0 Å². The summed E-state index contributed by atoms with van der Waals surface area (Å²) < 4.78 is 0. The minimum Gasteiger partial charge on any atom is -0.508 e. The fraction of sp³-hybridized carbons (Fsp3) is 0.476. The van der Waals surface area contributed by atoms with Gasteiger partial charge in [-0.1, -0.05) is 38.1 Å². The molecule has 0 amide bonds. The lowest BCUT2D eigenvalue weighted by molar-refractivity contribution is 0.132. The number of pyridine rings is 1. The summed E-state index contributed by atoms with van der Waals surface area (Å²) in [6.45, 7) is 7.57. The summed E-state index contributed by atoms with van der Waals surface area (Å²) >= 11 is 0. The molecule has 1 aromatic heterocycles. The lowest BCUT2D eigenvalue weighted by atomic mass is 9.91. The van der Waals surface area contributed by atoms with Gasteiger partial charge in [-0.15, -0.1) is 0 Å². The van der Waals surface area contributed by atoms with Crippen molar-refractivity contribution in [1.29, 1.82) is 0 Å². The molecular formula is C21H29N3O. The lowest BCUT2D eigenvalue weighted by Crippen LogP contribution is -2.48. The van der Waals surface area contributed by atoms with Crippen LogP contribution in [0.1, 0.15) is 44.0 Å². The van der Waals surface area contributed by atoms with Crippen molar-refractivity contribution in [2.24, 2.45) is 5.92 Å². The monoisotopic (exact) mass is 339 g/mol. The largest absolute Gasteiger partial charge is 0.508 e. The summed E-state index contributed by atoms with van der Waals surface area (Å²) in [6.07, 6.45) is 3.96. The number of likely N-dealkylation sites (tertiary alicyclic amines) is 1. The summed E-state index contributed by atoms with van der Waals surface area (Å²) in [5.74, 6) is 0.958. The first-order valence-electron chi connectivity index (χ1n) is 9.33. The lowest BCUT2D eigenvalue weighted by Gasteiger charge is -2.39. The van der Waals surface area contributed by atoms with Gasteiger partial charge in [-0.05, 0) is 37.0 Å². The van der Waals surface area contributed by atoms with E-state index in [-0.39, 0.29) is 6.04 Å². The second-order valence-corrected chi connectivity index (χ2v) is 7.11. The number of nitrogens with zero attached hydrogens (tertiary/aromatic N) is 2. The van der Waals surface area contributed by atoms with Gasteiger partial charge >= 0.3 is 0 Å². The van der Waals surface area contributed by atoms with Crippen LogP contribution in [0.4, 0.5) is 0 Å². The fourth-order valence-electron chi connectivity index (χ4n) is 3.81. The van der Waals surface area contributed by atoms with Gasteiger partial charge < -0.3 is 10.4 Å². The van der Waals surface area contributed by atoms with E-state index in [9.17, 15) is 5.11 Å². The molecule has 2 aromatic rings. The van der Waals surface area contributed by atoms with Crippen molar-refractivity contribution in [2.45, 2.75) is 45.3 Å². The fourth-order valence-corrected chi connectivity index (χ4v) is 3.81. The third-order valence-electron chi connectivity index (χ3n) is 5.24. The van der Waals surface area contributed by atoms with E-state index in [1.807, 2.05) is 30.5 Å². The molecule has 4 heteroatoms. The van der Waals surface area contributed by atoms with Gasteiger partial charge in [0.1, 0.15) is 5.75 Å². The summed E-state index contributed by atoms with van der Waals surface area (Å²) in [7, 11) is 0. The van der Waals surface area contributed by atoms with Gasteiger partial charge in [-0.25, -0.2) is 0 Å². The average Bonchev–Trinajstić information content (AvgIpc) is 2.63. The highest BCUT2D eigenvalue weighted by atomic mass is 16.3. The quantitative estimate of drug-likeness (QED) is 0.842. The molecule has 0 bridgehead atoms. The van der Waals surface area contributed by atoms with Crippen molar-refractivity contribution in [1.82, 2.24) is 15.2 Å². The number of benzene rings is 1. The van der Waals surface area contributed by atoms with Crippen LogP contribution in [0.25, 0.3) is 0 Å². The van der Waals surface area contributed by atoms with Crippen molar-refractivity contribution < 1.29 is 5.11 Å². The number of para-hydroxylation sites is 1. The van der Waals surface area contributed by atoms with Crippen molar-refractivity contribution in [3.05, 3.63) is 59.9 Å². The molecule has 2 heterocycles. The summed E-state index contributed by atoms with van der Waals surface area (Å²) in [5, 5.41) is 14.0. The van der Waals surface area contributed by atoms with Crippen LogP contribution in [0.15, 0.2) is 48.7 Å². The maximum atomic E-state index is 10.2. The van der Waals surface area contributed by atoms with Gasteiger partial charge in [0.15, 0.2) is 0 Å². The minimum atomic E-state index is 0.205. The Kier molecular flexibility index (Phi) is 6.05. The molecule has 1 fully saturated rings. The number of phenolic OH excluding ortho intramolecular Hbond substituents is 1. The zero-order valence-electron chi connectivity index (χ0n) is 15.2. The molecule has 0 unspecified atom stereocenters. The van der Waals surface area contributed by atoms with Crippen molar-refractivity contribution in [3.8, 4) is 5.75 Å². The number of aromatic nitrogens is 1. The van der Waals surface area contributed by atoms with Crippen LogP contribution in [0.2, 0.25) is 0 Å². The smallest absolute Gasteiger partial charge is 0.120 e. The third-order valence-corrected chi connectivity index (χ3v) is 5.24. The second kappa shape index (κ2) is 8.45. The number of phenols is 1. The molecule has 2 N–H and O–H groups in total. The highest BCUT2D eigenvalue weighted by molar-refractivity contribution is 5.34. The van der Waals surface area contributed by atoms with Crippen molar-refractivity contribution in [2.75, 3.05) is 13.1 Å². The number of nitrogens with one attached hydrogen (secondary N) is 1. The third kappa shape index (κ3) is 4.59. The molecule has 1 saturated heterocycles. The number of hydrogen-bond acceptors (Lipinski definition) is 4. The van der Waals surface area contributed by atoms with E-state index in [0.717, 1.165) is 43.7 Å². The zero-order valence-corrected chi connectivity index (χ0v) is 15.2. The number of aromatic hydroxyl groups is 1. The first-order chi connectivity index (χ1) is 12.2. The minimum absolute atomic E-state index is 0.205. The molecule has 1 aromatic carbocycles. The second-order valence-electron chi connectivity index (χ2n) is 7.11. The van der Waals surface area contributed by atoms with Crippen LogP contribution in [0.3, 0.4) is 0 Å². The van der Waals surface area contributed by atoms with Crippen LogP contribution in [-0.2, 0) is 6.54 Å². The number of hydrogen-bond donors (Lipinski definition) is 2. The Hall–Kier alpha value is -1.91. The number of piperidine rings is 1. The van der Waals surface area contributed by atoms with Gasteiger partial charge in [0, 0.05) is 43.5 Å². The Bertz CT molecular complexity index is 661. The van der Waals surface area contributed by atoms with E-state index in [2.05, 4.69) is 41.2 Å². The van der Waals surface area contributed by atoms with E-state index in [1.165, 1.54) is 0 Å². The summed E-state index contributed by atoms with van der Waals surface area (Å²) in [5.41, 5.74) is 2.15. The van der Waals surface area contributed by atoms with Crippen LogP contribution in [-0.4, -0.2) is 34.1 Å². The predicted molar refractivity (Wildman–Crippen MR) is 101 cm³/mol. The van der Waals surface area contributed by atoms with Crippen LogP contribution >= 0.6 is 0 Å². The Morgan fingerprint density at radius 3 is 2.72 bits per heavy atom. The molecule has 0 saturated carbocycles. The maximum Gasteiger partial charge on any atom is 0.120 e. The van der Waals surface area contributed by atoms with Gasteiger partial charge in [-0.3, -0.25) is 9.88 Å². The van der Waals surface area contributed by atoms with E-state index >= 15 is 0 Å². The molecule has 3 atom stereocenters. The van der Waals surface area contributed by atoms with Crippen LogP contribution < -0.4 is 5.32 Å². The molecule has 1 aliphatic rings. The van der Waals surface area contributed by atoms with E-state index in [4.69, 9.17) is 0 Å². The molecule has 0 aliphatic carbocycles. The maximum absolute atomic E-state index is 10.2. The van der Waals surface area contributed by atoms with Crippen molar-refractivity contribution >= 4 is 0 Å². The van der Waals surface area contributed by atoms with Crippen molar-refractivity contribution in [3.63, 3.8) is 0 Å². The topological polar surface area (TPSA) is 48.4 Å². The summed E-state index contributed by atoms with van der Waals surface area (Å²) in [6, 6.07) is 14.5. The first-order valence-corrected chi connectivity index (χ1v) is 9.33. The van der Waals surface area contributed by atoms with Gasteiger partial charge in [0.05, 0.1) is 5.69 Å². The Morgan fingerprint density at radius 1 is 1.24 bits per heavy atom. The Labute approximate surface area is 150 Å². The average molecular weight is 339 g/mol. The SMILES string of the molecule is CC[C@H](N[C@H]1CCN(Cc2ccccn2)C[C@@H]1C)c1ccccc1O. The molecule has 4 nitrogen and oxygen atoms in total. The highest BCUT2D eigenvalue weighted by Crippen LogP contribution is 2.28. The van der Waals surface area contributed by atoms with Crippen LogP contribution in [0, 0.1) is 5.92 Å². The molecule has 25 heavy (non-hydrogen) atoms. The normalized spacial score (nSPS) is 22.6. The standard InChI is InChI=1S/C21H29N3O/c1-3-19(18-9-4-5-10-21(18)25)23-20-11-13-24(14-16(20)2)15-17-8-6-7-12-22-17/h4-10,12,16,19-20,23,25H,3,11,13-15H2,1-2H3/t16-,19-,20-/m0/s1. The molecule has 1 aliphatic heterocycles. The Balaban J connectivity index is 1.58. The summed E-state index contributed by atoms with van der Waals surface area (Å²) in [4.78, 5) is 6.94.